The van der Waals surface area contributed by atoms with Crippen molar-refractivity contribution in [2.75, 3.05) is 20.2 Å². The Kier molecular flexibility index (Phi) is 9.42. The van der Waals surface area contributed by atoms with Crippen LogP contribution >= 0.6 is 22.9 Å². The Labute approximate surface area is 275 Å². The third-order valence-corrected chi connectivity index (χ3v) is 8.84. The molecule has 5 rings (SSSR count). The minimum Gasteiger partial charge on any atom is -0.489 e. The van der Waals surface area contributed by atoms with Crippen molar-refractivity contribution in [3.8, 4) is 28.6 Å². The zero-order valence-corrected chi connectivity index (χ0v) is 27.6. The van der Waals surface area contributed by atoms with Crippen molar-refractivity contribution in [1.29, 1.82) is 10.5 Å². The molecule has 1 amide bonds. The van der Waals surface area contributed by atoms with Gasteiger partial charge < -0.3 is 23.8 Å². The fourth-order valence-electron chi connectivity index (χ4n) is 5.07. The number of rotatable bonds is 7. The Bertz CT molecular complexity index is 1870. The smallest absolute Gasteiger partial charge is 0.410 e. The number of amides is 1. The maximum atomic E-state index is 12.8. The predicted molar refractivity (Wildman–Crippen MR) is 172 cm³/mol. The Morgan fingerprint density at radius 2 is 1.78 bits per heavy atom. The van der Waals surface area contributed by atoms with Crippen LogP contribution in [-0.2, 0) is 9.47 Å². The van der Waals surface area contributed by atoms with Gasteiger partial charge in [0.05, 0.1) is 34.3 Å². The molecule has 0 saturated carbocycles. The number of esters is 1. The number of fused-ring (bicyclic) bond motifs is 1. The van der Waals surface area contributed by atoms with Gasteiger partial charge in [0.1, 0.15) is 52.8 Å². The van der Waals surface area contributed by atoms with E-state index >= 15 is 0 Å². The first kappa shape index (κ1) is 32.6. The van der Waals surface area contributed by atoms with Crippen LogP contribution in [0, 0.1) is 22.7 Å². The molecule has 1 fully saturated rings. The third kappa shape index (κ3) is 6.89. The molecule has 0 radical (unpaired) electrons. The van der Waals surface area contributed by atoms with Crippen LogP contribution in [0.5, 0.6) is 11.5 Å². The summed E-state index contributed by atoms with van der Waals surface area (Å²) in [5.74, 6) is 0.208. The van der Waals surface area contributed by atoms with E-state index in [0.29, 0.717) is 58.3 Å². The molecule has 13 heteroatoms. The molecule has 0 unspecified atom stereocenters. The lowest BCUT2D eigenvalue weighted by molar-refractivity contribution is 0.0126. The second kappa shape index (κ2) is 13.3. The number of imidazole rings is 1. The van der Waals surface area contributed by atoms with E-state index in [9.17, 15) is 20.1 Å². The second-order valence-electron chi connectivity index (χ2n) is 11.7. The summed E-state index contributed by atoms with van der Waals surface area (Å²) >= 11 is 7.98. The number of hydrogen-bond acceptors (Lipinski definition) is 10. The number of nitriles is 2. The number of carbonyl (C=O) groups excluding carboxylic acids is 2. The monoisotopic (exact) mass is 661 g/mol. The SMILES string of the molecule is COC(=O)c1sc(-n2cnc3cc(C#N)c(C#N)cc32)cc1O[C@H](C)c1cccc(OC2CCN(C(=O)OC(C)(C)C)CC2)c1Cl. The molecule has 1 saturated heterocycles. The molecule has 1 aliphatic heterocycles. The van der Waals surface area contributed by atoms with Crippen molar-refractivity contribution in [3.05, 3.63) is 69.3 Å². The molecular weight excluding hydrogens is 630 g/mol. The molecule has 0 aliphatic carbocycles. The van der Waals surface area contributed by atoms with Gasteiger partial charge in [0.15, 0.2) is 4.88 Å². The van der Waals surface area contributed by atoms with Gasteiger partial charge in [-0.1, -0.05) is 23.7 Å². The van der Waals surface area contributed by atoms with Crippen LogP contribution in [-0.4, -0.2) is 58.4 Å². The summed E-state index contributed by atoms with van der Waals surface area (Å²) in [4.78, 5) is 31.5. The molecule has 2 aromatic carbocycles. The Hall–Kier alpha value is -4.78. The minimum absolute atomic E-state index is 0.135. The van der Waals surface area contributed by atoms with E-state index < -0.39 is 17.7 Å². The van der Waals surface area contributed by atoms with Crippen molar-refractivity contribution in [2.24, 2.45) is 0 Å². The molecule has 0 spiro atoms. The van der Waals surface area contributed by atoms with Crippen LogP contribution in [0.15, 0.2) is 42.7 Å². The van der Waals surface area contributed by atoms with Crippen molar-refractivity contribution < 1.29 is 28.5 Å². The molecule has 11 nitrogen and oxygen atoms in total. The van der Waals surface area contributed by atoms with Gasteiger partial charge in [-0.3, -0.25) is 4.57 Å². The second-order valence-corrected chi connectivity index (χ2v) is 13.1. The molecule has 1 aliphatic rings. The fraction of sp³-hybridized carbons (Fsp3) is 0.364. The Morgan fingerprint density at radius 3 is 2.43 bits per heavy atom. The first-order valence-electron chi connectivity index (χ1n) is 14.6. The van der Waals surface area contributed by atoms with Gasteiger partial charge in [-0.05, 0) is 45.9 Å². The van der Waals surface area contributed by atoms with E-state index in [1.807, 2.05) is 52.0 Å². The molecule has 2 aromatic heterocycles. The highest BCUT2D eigenvalue weighted by atomic mass is 35.5. The Morgan fingerprint density at radius 1 is 1.09 bits per heavy atom. The topological polar surface area (TPSA) is 140 Å². The number of likely N-dealkylation sites (tertiary alicyclic amines) is 1. The van der Waals surface area contributed by atoms with Crippen molar-refractivity contribution in [1.82, 2.24) is 14.5 Å². The maximum absolute atomic E-state index is 12.8. The number of aromatic nitrogens is 2. The number of piperidine rings is 1. The van der Waals surface area contributed by atoms with E-state index in [1.54, 1.807) is 40.1 Å². The van der Waals surface area contributed by atoms with Gasteiger partial charge in [0, 0.05) is 37.6 Å². The molecule has 0 bridgehead atoms. The summed E-state index contributed by atoms with van der Waals surface area (Å²) in [7, 11) is 1.29. The van der Waals surface area contributed by atoms with Gasteiger partial charge in [-0.15, -0.1) is 11.3 Å². The van der Waals surface area contributed by atoms with Gasteiger partial charge in [-0.25, -0.2) is 14.6 Å². The number of halogens is 1. The third-order valence-electron chi connectivity index (χ3n) is 7.34. The first-order valence-corrected chi connectivity index (χ1v) is 15.7. The van der Waals surface area contributed by atoms with Crippen LogP contribution < -0.4 is 9.47 Å². The van der Waals surface area contributed by atoms with E-state index in [4.69, 9.17) is 30.5 Å². The van der Waals surface area contributed by atoms with Crippen molar-refractivity contribution in [3.63, 3.8) is 0 Å². The van der Waals surface area contributed by atoms with Gasteiger partial charge >= 0.3 is 12.1 Å². The summed E-state index contributed by atoms with van der Waals surface area (Å²) in [6.45, 7) is 8.36. The van der Waals surface area contributed by atoms with Crippen LogP contribution in [0.3, 0.4) is 0 Å². The molecule has 1 atom stereocenters. The maximum Gasteiger partial charge on any atom is 0.410 e. The summed E-state index contributed by atoms with van der Waals surface area (Å²) in [5, 5.41) is 19.9. The summed E-state index contributed by atoms with van der Waals surface area (Å²) in [5.41, 5.74) is 1.67. The number of hydrogen-bond donors (Lipinski definition) is 0. The number of nitrogens with zero attached hydrogens (tertiary/aromatic N) is 5. The van der Waals surface area contributed by atoms with Crippen LogP contribution in [0.4, 0.5) is 4.79 Å². The van der Waals surface area contributed by atoms with E-state index in [1.165, 1.54) is 7.11 Å². The summed E-state index contributed by atoms with van der Waals surface area (Å²) < 4.78 is 24.8. The van der Waals surface area contributed by atoms with E-state index in [0.717, 1.165) is 11.3 Å². The van der Waals surface area contributed by atoms with Crippen LogP contribution in [0.2, 0.25) is 5.02 Å². The molecule has 3 heterocycles. The highest BCUT2D eigenvalue weighted by Crippen LogP contribution is 2.40. The number of carbonyl (C=O) groups is 2. The first-order chi connectivity index (χ1) is 21.9. The van der Waals surface area contributed by atoms with Crippen LogP contribution in [0.25, 0.3) is 16.0 Å². The number of methoxy groups -OCH3 is 1. The van der Waals surface area contributed by atoms with Crippen molar-refractivity contribution >= 4 is 46.0 Å². The van der Waals surface area contributed by atoms with Gasteiger partial charge in [-0.2, -0.15) is 10.5 Å². The van der Waals surface area contributed by atoms with E-state index in [-0.39, 0.29) is 34.0 Å². The molecule has 46 heavy (non-hydrogen) atoms. The average Bonchev–Trinajstić information content (AvgIpc) is 3.64. The lowest BCUT2D eigenvalue weighted by Crippen LogP contribution is -2.44. The zero-order chi connectivity index (χ0) is 33.2. The lowest BCUT2D eigenvalue weighted by Gasteiger charge is -2.33. The number of benzene rings is 2. The fourth-order valence-corrected chi connectivity index (χ4v) is 6.39. The number of ether oxygens (including phenoxy) is 4. The summed E-state index contributed by atoms with van der Waals surface area (Å²) in [6, 6.07) is 14.3. The molecular formula is C33H32ClN5O6S. The molecule has 4 aromatic rings. The van der Waals surface area contributed by atoms with E-state index in [2.05, 4.69) is 4.98 Å². The predicted octanol–water partition coefficient (Wildman–Crippen LogP) is 7.19. The van der Waals surface area contributed by atoms with Gasteiger partial charge in [0.2, 0.25) is 0 Å². The van der Waals surface area contributed by atoms with Gasteiger partial charge in [0.25, 0.3) is 0 Å². The normalized spacial score (nSPS) is 14.3. The highest BCUT2D eigenvalue weighted by molar-refractivity contribution is 7.16. The highest BCUT2D eigenvalue weighted by Gasteiger charge is 2.29. The minimum atomic E-state index is -0.584. The summed E-state index contributed by atoms with van der Waals surface area (Å²) in [6.07, 6.45) is 1.76. The lowest BCUT2D eigenvalue weighted by atomic mass is 10.1. The van der Waals surface area contributed by atoms with Crippen molar-refractivity contribution in [2.45, 2.75) is 58.3 Å². The number of thiophene rings is 1. The quantitative estimate of drug-likeness (QED) is 0.188. The average molecular weight is 662 g/mol. The largest absolute Gasteiger partial charge is 0.489 e. The Balaban J connectivity index is 1.35. The molecule has 238 valence electrons. The standard InChI is InChI=1S/C33H32ClN5O6S/c1-19(23-7-6-8-26(29(23)34)44-22-9-11-38(12-10-22)32(41)45-33(2,3)4)43-27-15-28(46-30(27)31(40)42-5)39-18-37-24-13-20(16-35)21(17-36)14-25(24)39/h6-8,13-15,18-19,22H,9-12H2,1-5H3/t19-/m1/s1. The van der Waals surface area contributed by atoms with Crippen LogP contribution in [0.1, 0.15) is 73.0 Å². The zero-order valence-electron chi connectivity index (χ0n) is 26.0. The molecule has 0 N–H and O–H groups in total.